The molecule has 1 heterocycles. The molecule has 0 radical (unpaired) electrons. The van der Waals surface area contributed by atoms with Gasteiger partial charge in [-0.05, 0) is 80.4 Å². The van der Waals surface area contributed by atoms with Gasteiger partial charge >= 0.3 is 6.02 Å². The Morgan fingerprint density at radius 3 is 2.28 bits per heavy atom. The van der Waals surface area contributed by atoms with Crippen LogP contribution in [0.5, 0.6) is 0 Å². The molecular weight excluding hydrogens is 420 g/mol. The van der Waals surface area contributed by atoms with Crippen LogP contribution in [0, 0.1) is 17.8 Å². The third kappa shape index (κ3) is 3.10. The van der Waals surface area contributed by atoms with E-state index < -0.39 is 20.9 Å². The zero-order chi connectivity index (χ0) is 22.1. The third-order valence-corrected chi connectivity index (χ3v) is 10.0. The number of ether oxygens (including phenoxy) is 1. The summed E-state index contributed by atoms with van der Waals surface area (Å²) < 4.78 is 37.8. The largest absolute Gasteiger partial charge is 0.457 e. The van der Waals surface area contributed by atoms with Crippen LogP contribution in [0.3, 0.4) is 0 Å². The molecule has 1 aliphatic heterocycles. The van der Waals surface area contributed by atoms with Crippen LogP contribution in [0.1, 0.15) is 56.8 Å². The molecule has 0 spiro atoms. The van der Waals surface area contributed by atoms with Gasteiger partial charge in [-0.15, -0.1) is 4.40 Å². The second-order valence-corrected chi connectivity index (χ2v) is 12.5. The molecule has 4 unspecified atom stereocenters. The highest BCUT2D eigenvalue weighted by atomic mass is 32.2. The molecule has 0 aromatic heterocycles. The average molecular weight is 451 g/mol. The molecule has 4 saturated carbocycles. The third-order valence-electron chi connectivity index (χ3n) is 8.17. The number of hydrogen-bond donors (Lipinski definition) is 1. The number of rotatable bonds is 3. The first-order valence-electron chi connectivity index (χ1n) is 11.7. The van der Waals surface area contributed by atoms with Crippen molar-refractivity contribution >= 4 is 16.0 Å². The smallest absolute Gasteiger partial charge is 0.301 e. The molecule has 32 heavy (non-hydrogen) atoms. The van der Waals surface area contributed by atoms with Crippen LogP contribution < -0.4 is 5.32 Å². The lowest BCUT2D eigenvalue weighted by Gasteiger charge is -2.41. The standard InChI is InChI=1S/C26H30N2O3S/c1-25(2)23(22-11-7-6-10-21(22)19-8-4-3-5-9-19)32(29,30)28-24(31-25)27-26-15-17-12-18(16-26)14-20(26)13-17/h3-11,17-18,20,23H,12-16H2,1-2H3,(H,27,28)/t17-,18?,20?,23?,26?/m0/s1. The number of hydrogen-bond acceptors (Lipinski definition) is 4. The molecule has 6 heteroatoms. The summed E-state index contributed by atoms with van der Waals surface area (Å²) in [4.78, 5) is 0. The summed E-state index contributed by atoms with van der Waals surface area (Å²) in [5.41, 5.74) is 1.62. The predicted octanol–water partition coefficient (Wildman–Crippen LogP) is 5.06. The molecule has 4 bridgehead atoms. The van der Waals surface area contributed by atoms with Crippen molar-refractivity contribution in [3.8, 4) is 11.1 Å². The topological polar surface area (TPSA) is 67.8 Å². The molecule has 5 atom stereocenters. The quantitative estimate of drug-likeness (QED) is 0.710. The summed E-state index contributed by atoms with van der Waals surface area (Å²) in [7, 11) is -3.84. The Morgan fingerprint density at radius 2 is 1.59 bits per heavy atom. The van der Waals surface area contributed by atoms with Gasteiger partial charge in [0.1, 0.15) is 10.9 Å². The van der Waals surface area contributed by atoms with E-state index in [0.29, 0.717) is 5.92 Å². The number of amidine groups is 1. The molecule has 2 aromatic rings. The van der Waals surface area contributed by atoms with E-state index in [0.717, 1.165) is 41.4 Å². The molecule has 1 N–H and O–H groups in total. The highest BCUT2D eigenvalue weighted by molar-refractivity contribution is 7.90. The summed E-state index contributed by atoms with van der Waals surface area (Å²) in [5, 5.41) is 2.65. The van der Waals surface area contributed by atoms with Crippen LogP contribution in [0.4, 0.5) is 0 Å². The zero-order valence-corrected chi connectivity index (χ0v) is 19.4. The van der Waals surface area contributed by atoms with E-state index in [1.54, 1.807) is 0 Å². The summed E-state index contributed by atoms with van der Waals surface area (Å²) in [6.07, 6.45) is 6.05. The van der Waals surface area contributed by atoms with Gasteiger partial charge in [-0.1, -0.05) is 54.6 Å². The predicted molar refractivity (Wildman–Crippen MR) is 126 cm³/mol. The number of sulfonamides is 1. The van der Waals surface area contributed by atoms with E-state index in [-0.39, 0.29) is 11.6 Å². The SMILES string of the molecule is CC1(C)OC(NC23CC4CC2C[C@H](C4)C3)=NS(=O)(=O)C1c1ccccc1-c1ccccc1. The van der Waals surface area contributed by atoms with E-state index >= 15 is 0 Å². The van der Waals surface area contributed by atoms with Gasteiger partial charge in [0.2, 0.25) is 0 Å². The van der Waals surface area contributed by atoms with Gasteiger partial charge in [-0.25, -0.2) is 8.42 Å². The van der Waals surface area contributed by atoms with E-state index in [9.17, 15) is 8.42 Å². The van der Waals surface area contributed by atoms with E-state index in [1.165, 1.54) is 19.3 Å². The lowest BCUT2D eigenvalue weighted by atomic mass is 9.80. The lowest BCUT2D eigenvalue weighted by molar-refractivity contribution is 0.0712. The first-order valence-corrected chi connectivity index (χ1v) is 13.2. The van der Waals surface area contributed by atoms with Crippen LogP contribution in [-0.2, 0) is 14.8 Å². The van der Waals surface area contributed by atoms with E-state index in [1.807, 2.05) is 68.4 Å². The minimum Gasteiger partial charge on any atom is -0.457 e. The average Bonchev–Trinajstić information content (AvgIpc) is 3.10. The van der Waals surface area contributed by atoms with Crippen molar-refractivity contribution in [2.45, 2.75) is 62.3 Å². The Bertz CT molecular complexity index is 1170. The molecule has 4 aliphatic carbocycles. The van der Waals surface area contributed by atoms with E-state index in [4.69, 9.17) is 4.74 Å². The van der Waals surface area contributed by atoms with Gasteiger partial charge in [-0.2, -0.15) is 0 Å². The summed E-state index contributed by atoms with van der Waals surface area (Å²) in [6.45, 7) is 3.73. The van der Waals surface area contributed by atoms with Crippen LogP contribution in [0.2, 0.25) is 0 Å². The van der Waals surface area contributed by atoms with Crippen molar-refractivity contribution in [1.82, 2.24) is 5.32 Å². The Hall–Kier alpha value is -2.34. The fraction of sp³-hybridized carbons (Fsp3) is 0.500. The first kappa shape index (κ1) is 20.3. The summed E-state index contributed by atoms with van der Waals surface area (Å²) in [5.74, 6) is 2.14. The van der Waals surface area contributed by atoms with Crippen LogP contribution >= 0.6 is 0 Å². The number of benzene rings is 2. The highest BCUT2D eigenvalue weighted by Crippen LogP contribution is 2.60. The molecule has 2 aromatic carbocycles. The monoisotopic (exact) mass is 450 g/mol. The van der Waals surface area contributed by atoms with Crippen molar-refractivity contribution in [3.63, 3.8) is 0 Å². The fourth-order valence-corrected chi connectivity index (χ4v) is 8.96. The first-order chi connectivity index (χ1) is 15.3. The highest BCUT2D eigenvalue weighted by Gasteiger charge is 2.59. The Labute approximate surface area is 190 Å². The zero-order valence-electron chi connectivity index (χ0n) is 18.6. The van der Waals surface area contributed by atoms with Crippen LogP contribution in [0.15, 0.2) is 59.0 Å². The lowest BCUT2D eigenvalue weighted by Crippen LogP contribution is -2.55. The molecule has 0 saturated heterocycles. The van der Waals surface area contributed by atoms with Crippen molar-refractivity contribution in [1.29, 1.82) is 0 Å². The van der Waals surface area contributed by atoms with Gasteiger partial charge in [-0.3, -0.25) is 0 Å². The molecular formula is C26H30N2O3S. The maximum atomic E-state index is 13.6. The maximum Gasteiger partial charge on any atom is 0.301 e. The van der Waals surface area contributed by atoms with Crippen LogP contribution in [0.25, 0.3) is 11.1 Å². The maximum absolute atomic E-state index is 13.6. The Balaban J connectivity index is 1.38. The molecule has 5 nitrogen and oxygen atoms in total. The van der Waals surface area contributed by atoms with Gasteiger partial charge in [0.15, 0.2) is 0 Å². The van der Waals surface area contributed by atoms with Crippen molar-refractivity contribution in [2.75, 3.05) is 0 Å². The molecule has 5 aliphatic rings. The van der Waals surface area contributed by atoms with Crippen molar-refractivity contribution in [2.24, 2.45) is 22.2 Å². The van der Waals surface area contributed by atoms with Crippen molar-refractivity contribution < 1.29 is 13.2 Å². The molecule has 7 rings (SSSR count). The van der Waals surface area contributed by atoms with Crippen LogP contribution in [-0.4, -0.2) is 25.6 Å². The fourth-order valence-electron chi connectivity index (χ4n) is 7.25. The van der Waals surface area contributed by atoms with E-state index in [2.05, 4.69) is 9.71 Å². The molecule has 0 amide bonds. The van der Waals surface area contributed by atoms with Gasteiger partial charge in [0, 0.05) is 5.54 Å². The Kier molecular flexibility index (Phi) is 4.33. The summed E-state index contributed by atoms with van der Waals surface area (Å²) >= 11 is 0. The van der Waals surface area contributed by atoms with Gasteiger partial charge < -0.3 is 10.1 Å². The summed E-state index contributed by atoms with van der Waals surface area (Å²) in [6, 6.07) is 17.8. The minimum atomic E-state index is -3.84. The van der Waals surface area contributed by atoms with Gasteiger partial charge in [0.25, 0.3) is 10.0 Å². The molecule has 4 fully saturated rings. The number of nitrogens with zero attached hydrogens (tertiary/aromatic N) is 1. The minimum absolute atomic E-state index is 0.0349. The second-order valence-electron chi connectivity index (χ2n) is 10.8. The Morgan fingerprint density at radius 1 is 0.938 bits per heavy atom. The second kappa shape index (κ2) is 6.83. The molecule has 168 valence electrons. The normalized spacial score (nSPS) is 35.9. The van der Waals surface area contributed by atoms with Gasteiger partial charge in [0.05, 0.1) is 0 Å². The van der Waals surface area contributed by atoms with Crippen molar-refractivity contribution in [3.05, 3.63) is 60.2 Å². The number of nitrogens with one attached hydrogen (secondary N) is 1.